The van der Waals surface area contributed by atoms with Crippen molar-refractivity contribution in [3.63, 3.8) is 0 Å². The van der Waals surface area contributed by atoms with Crippen molar-refractivity contribution in [3.8, 4) is 0 Å². The fraction of sp³-hybridized carbons (Fsp3) is 0.625. The van der Waals surface area contributed by atoms with Gasteiger partial charge in [0.2, 0.25) is 0 Å². The Bertz CT molecular complexity index is 354. The minimum Gasteiger partial charge on any atom is -0.383 e. The topological polar surface area (TPSA) is 21.3 Å². The number of hydrogen-bond donors (Lipinski definition) is 1. The minimum absolute atomic E-state index is 0.580. The molecule has 0 aliphatic rings. The molecule has 0 bridgehead atoms. The number of rotatable bonds is 9. The van der Waals surface area contributed by atoms with Crippen molar-refractivity contribution in [1.29, 1.82) is 0 Å². The third-order valence-electron chi connectivity index (χ3n) is 3.29. The average molecular weight is 328 g/mol. The molecule has 0 aromatic heterocycles. The fourth-order valence-corrected chi connectivity index (χ4v) is 2.55. The fourth-order valence-electron chi connectivity index (χ4n) is 2.13. The first kappa shape index (κ1) is 16.7. The monoisotopic (exact) mass is 327 g/mol. The van der Waals surface area contributed by atoms with Crippen molar-refractivity contribution in [2.24, 2.45) is 5.92 Å². The third-order valence-corrected chi connectivity index (χ3v) is 3.78. The van der Waals surface area contributed by atoms with Crippen molar-refractivity contribution in [2.45, 2.75) is 32.6 Å². The van der Waals surface area contributed by atoms with E-state index in [0.29, 0.717) is 5.92 Å². The minimum atomic E-state index is 0.580. The second-order valence-corrected chi connectivity index (χ2v) is 6.34. The van der Waals surface area contributed by atoms with Crippen LogP contribution in [0.25, 0.3) is 0 Å². The van der Waals surface area contributed by atoms with Gasteiger partial charge < -0.3 is 10.1 Å². The normalized spacial score (nSPS) is 12.9. The van der Waals surface area contributed by atoms with E-state index in [1.54, 1.807) is 7.11 Å². The summed E-state index contributed by atoms with van der Waals surface area (Å²) in [6, 6.07) is 8.68. The molecule has 2 nitrogen and oxygen atoms in total. The second kappa shape index (κ2) is 9.51. The number of methoxy groups -OCH3 is 1. The van der Waals surface area contributed by atoms with Crippen LogP contribution in [0.2, 0.25) is 0 Å². The summed E-state index contributed by atoms with van der Waals surface area (Å²) in [5, 5.41) is 3.49. The molecule has 0 saturated carbocycles. The predicted molar refractivity (Wildman–Crippen MR) is 85.7 cm³/mol. The SMILES string of the molecule is COCCNCC(CCC(C)C)c1cccc(Br)c1. The highest BCUT2D eigenvalue weighted by atomic mass is 79.9. The van der Waals surface area contributed by atoms with Crippen molar-refractivity contribution in [1.82, 2.24) is 5.32 Å². The smallest absolute Gasteiger partial charge is 0.0587 e. The van der Waals surface area contributed by atoms with Crippen LogP contribution < -0.4 is 5.32 Å². The number of nitrogens with one attached hydrogen (secondary N) is 1. The maximum absolute atomic E-state index is 5.08. The van der Waals surface area contributed by atoms with E-state index in [1.165, 1.54) is 18.4 Å². The maximum atomic E-state index is 5.08. The summed E-state index contributed by atoms with van der Waals surface area (Å²) >= 11 is 3.56. The van der Waals surface area contributed by atoms with E-state index in [9.17, 15) is 0 Å². The molecule has 0 saturated heterocycles. The molecule has 1 aromatic carbocycles. The Morgan fingerprint density at radius 3 is 2.68 bits per heavy atom. The van der Waals surface area contributed by atoms with Crippen molar-refractivity contribution < 1.29 is 4.74 Å². The third kappa shape index (κ3) is 7.09. The number of ether oxygens (including phenoxy) is 1. The maximum Gasteiger partial charge on any atom is 0.0587 e. The molecule has 0 aliphatic carbocycles. The van der Waals surface area contributed by atoms with Crippen LogP contribution in [-0.2, 0) is 4.74 Å². The summed E-state index contributed by atoms with van der Waals surface area (Å²) < 4.78 is 6.24. The standard InChI is InChI=1S/C16H26BrNO/c1-13(2)7-8-15(12-18-9-10-19-3)14-5-4-6-16(17)11-14/h4-6,11,13,15,18H,7-10,12H2,1-3H3. The first-order valence-electron chi connectivity index (χ1n) is 7.08. The molecule has 1 aromatic rings. The van der Waals surface area contributed by atoms with Gasteiger partial charge in [0.25, 0.3) is 0 Å². The van der Waals surface area contributed by atoms with Crippen LogP contribution in [0.3, 0.4) is 0 Å². The molecule has 0 spiro atoms. The first-order chi connectivity index (χ1) is 9.13. The Hall–Kier alpha value is -0.380. The lowest BCUT2D eigenvalue weighted by Gasteiger charge is -2.19. The first-order valence-corrected chi connectivity index (χ1v) is 7.88. The van der Waals surface area contributed by atoms with Gasteiger partial charge in [0.15, 0.2) is 0 Å². The van der Waals surface area contributed by atoms with Crippen LogP contribution in [0, 0.1) is 5.92 Å². The molecule has 3 heteroatoms. The van der Waals surface area contributed by atoms with Crippen LogP contribution in [-0.4, -0.2) is 26.8 Å². The highest BCUT2D eigenvalue weighted by Gasteiger charge is 2.12. The number of benzene rings is 1. The molecule has 0 amide bonds. The lowest BCUT2D eigenvalue weighted by molar-refractivity contribution is 0.198. The molecule has 108 valence electrons. The molecule has 1 atom stereocenters. The summed E-state index contributed by atoms with van der Waals surface area (Å²) in [6.07, 6.45) is 2.50. The van der Waals surface area contributed by atoms with E-state index in [1.807, 2.05) is 0 Å². The summed E-state index contributed by atoms with van der Waals surface area (Å²) in [7, 11) is 1.74. The Morgan fingerprint density at radius 1 is 1.26 bits per heavy atom. The van der Waals surface area contributed by atoms with E-state index in [-0.39, 0.29) is 0 Å². The van der Waals surface area contributed by atoms with Crippen LogP contribution in [0.5, 0.6) is 0 Å². The van der Waals surface area contributed by atoms with Crippen LogP contribution in [0.1, 0.15) is 38.2 Å². The van der Waals surface area contributed by atoms with E-state index in [2.05, 4.69) is 59.4 Å². The zero-order chi connectivity index (χ0) is 14.1. The lowest BCUT2D eigenvalue weighted by atomic mass is 9.91. The lowest BCUT2D eigenvalue weighted by Crippen LogP contribution is -2.25. The molecule has 1 rings (SSSR count). The zero-order valence-electron chi connectivity index (χ0n) is 12.3. The highest BCUT2D eigenvalue weighted by Crippen LogP contribution is 2.25. The second-order valence-electron chi connectivity index (χ2n) is 5.42. The molecule has 19 heavy (non-hydrogen) atoms. The van der Waals surface area contributed by atoms with Gasteiger partial charge in [0.1, 0.15) is 0 Å². The molecular formula is C16H26BrNO. The molecule has 0 fully saturated rings. The van der Waals surface area contributed by atoms with Gasteiger partial charge in [-0.25, -0.2) is 0 Å². The molecule has 0 heterocycles. The van der Waals surface area contributed by atoms with Gasteiger partial charge in [0, 0.05) is 24.7 Å². The van der Waals surface area contributed by atoms with E-state index in [0.717, 1.165) is 30.1 Å². The Labute approximate surface area is 126 Å². The van der Waals surface area contributed by atoms with Crippen molar-refractivity contribution >= 4 is 15.9 Å². The summed E-state index contributed by atoms with van der Waals surface area (Å²) in [4.78, 5) is 0. The van der Waals surface area contributed by atoms with Gasteiger partial charge in [-0.15, -0.1) is 0 Å². The van der Waals surface area contributed by atoms with E-state index in [4.69, 9.17) is 4.74 Å². The Balaban J connectivity index is 2.57. The average Bonchev–Trinajstić information content (AvgIpc) is 2.37. The predicted octanol–water partition coefficient (Wildman–Crippen LogP) is 4.20. The van der Waals surface area contributed by atoms with Crippen LogP contribution in [0.4, 0.5) is 0 Å². The van der Waals surface area contributed by atoms with Crippen molar-refractivity contribution in [2.75, 3.05) is 26.8 Å². The van der Waals surface area contributed by atoms with Crippen LogP contribution >= 0.6 is 15.9 Å². The van der Waals surface area contributed by atoms with Gasteiger partial charge in [-0.3, -0.25) is 0 Å². The van der Waals surface area contributed by atoms with Gasteiger partial charge >= 0.3 is 0 Å². The van der Waals surface area contributed by atoms with Gasteiger partial charge in [-0.2, -0.15) is 0 Å². The summed E-state index contributed by atoms with van der Waals surface area (Å²) in [5.41, 5.74) is 1.42. The van der Waals surface area contributed by atoms with Gasteiger partial charge in [-0.05, 0) is 36.0 Å². The molecule has 0 aliphatic heterocycles. The highest BCUT2D eigenvalue weighted by molar-refractivity contribution is 9.10. The molecule has 0 radical (unpaired) electrons. The number of halogens is 1. The summed E-state index contributed by atoms with van der Waals surface area (Å²) in [5.74, 6) is 1.34. The van der Waals surface area contributed by atoms with Gasteiger partial charge in [-0.1, -0.05) is 48.3 Å². The number of hydrogen-bond acceptors (Lipinski definition) is 2. The molecule has 1 N–H and O–H groups in total. The molecular weight excluding hydrogens is 302 g/mol. The van der Waals surface area contributed by atoms with Gasteiger partial charge in [0.05, 0.1) is 6.61 Å². The Morgan fingerprint density at radius 2 is 2.05 bits per heavy atom. The van der Waals surface area contributed by atoms with Crippen LogP contribution in [0.15, 0.2) is 28.7 Å². The molecule has 1 unspecified atom stereocenters. The quantitative estimate of drug-likeness (QED) is 0.686. The van der Waals surface area contributed by atoms with Crippen molar-refractivity contribution in [3.05, 3.63) is 34.3 Å². The van der Waals surface area contributed by atoms with E-state index >= 15 is 0 Å². The largest absolute Gasteiger partial charge is 0.383 e. The summed E-state index contributed by atoms with van der Waals surface area (Å²) in [6.45, 7) is 7.29. The van der Waals surface area contributed by atoms with E-state index < -0.39 is 0 Å². The zero-order valence-corrected chi connectivity index (χ0v) is 13.9. The Kier molecular flexibility index (Phi) is 8.35.